The molecule has 1 aromatic rings. The van der Waals surface area contributed by atoms with Gasteiger partial charge in [0.15, 0.2) is 0 Å². The first-order valence-corrected chi connectivity index (χ1v) is 4.95. The molecule has 0 spiro atoms. The summed E-state index contributed by atoms with van der Waals surface area (Å²) in [4.78, 5) is 22.8. The van der Waals surface area contributed by atoms with Crippen molar-refractivity contribution in [1.82, 2.24) is 0 Å². The second-order valence-corrected chi connectivity index (χ2v) is 3.95. The summed E-state index contributed by atoms with van der Waals surface area (Å²) in [6.07, 6.45) is 0.0568. The molecule has 0 aromatic heterocycles. The molecule has 84 valence electrons. The van der Waals surface area contributed by atoms with Crippen LogP contribution in [0.4, 0.5) is 4.39 Å². The average Bonchev–Trinajstić information content (AvgIpc) is 2.24. The number of methoxy groups -OCH3 is 1. The van der Waals surface area contributed by atoms with E-state index >= 15 is 0 Å². The van der Waals surface area contributed by atoms with Crippen LogP contribution in [0.3, 0.4) is 0 Å². The van der Waals surface area contributed by atoms with Gasteiger partial charge in [-0.15, -0.1) is 0 Å². The molecule has 1 saturated carbocycles. The lowest BCUT2D eigenvalue weighted by atomic mass is 9.63. The summed E-state index contributed by atoms with van der Waals surface area (Å²) in [5.41, 5.74) is -0.849. The Kier molecular flexibility index (Phi) is 2.50. The van der Waals surface area contributed by atoms with Crippen LogP contribution < -0.4 is 0 Å². The largest absolute Gasteiger partial charge is 0.468 e. The van der Waals surface area contributed by atoms with Crippen LogP contribution in [0.1, 0.15) is 18.4 Å². The number of ketones is 1. The number of rotatable bonds is 2. The van der Waals surface area contributed by atoms with Crippen molar-refractivity contribution in [3.8, 4) is 0 Å². The normalized spacial score (nSPS) is 17.8. The highest BCUT2D eigenvalue weighted by atomic mass is 19.1. The van der Waals surface area contributed by atoms with Crippen molar-refractivity contribution in [2.24, 2.45) is 0 Å². The zero-order valence-electron chi connectivity index (χ0n) is 8.83. The second kappa shape index (κ2) is 3.70. The number of Topliss-reactive ketones (excluding diaryl/α,β-unsaturated/α-hetero) is 1. The molecule has 1 aromatic carbocycles. The molecule has 0 heterocycles. The minimum absolute atomic E-state index is 0.0284. The van der Waals surface area contributed by atoms with E-state index in [1.807, 2.05) is 0 Å². The van der Waals surface area contributed by atoms with Gasteiger partial charge in [0.2, 0.25) is 0 Å². The monoisotopic (exact) mass is 222 g/mol. The molecule has 0 saturated heterocycles. The van der Waals surface area contributed by atoms with Crippen LogP contribution >= 0.6 is 0 Å². The maximum Gasteiger partial charge on any atom is 0.317 e. The van der Waals surface area contributed by atoms with Gasteiger partial charge in [0, 0.05) is 18.4 Å². The standard InChI is InChI=1S/C12H11FO3/c1-16-11(15)12(6-8(14)7-12)9-4-2-3-5-10(9)13/h2-5H,6-7H2,1H3. The van der Waals surface area contributed by atoms with Crippen LogP contribution in [0.25, 0.3) is 0 Å². The summed E-state index contributed by atoms with van der Waals surface area (Å²) in [6, 6.07) is 6.00. The Morgan fingerprint density at radius 2 is 2.00 bits per heavy atom. The lowest BCUT2D eigenvalue weighted by Gasteiger charge is -2.37. The molecule has 3 nitrogen and oxygen atoms in total. The average molecular weight is 222 g/mol. The number of halogens is 1. The highest BCUT2D eigenvalue weighted by Crippen LogP contribution is 2.43. The lowest BCUT2D eigenvalue weighted by molar-refractivity contribution is -0.156. The van der Waals surface area contributed by atoms with Gasteiger partial charge in [-0.05, 0) is 6.07 Å². The number of esters is 1. The summed E-state index contributed by atoms with van der Waals surface area (Å²) in [7, 11) is 1.24. The molecule has 0 unspecified atom stereocenters. The first-order chi connectivity index (χ1) is 7.60. The lowest BCUT2D eigenvalue weighted by Crippen LogP contribution is -2.49. The highest BCUT2D eigenvalue weighted by molar-refractivity contribution is 6.02. The predicted molar refractivity (Wildman–Crippen MR) is 54.3 cm³/mol. The zero-order valence-corrected chi connectivity index (χ0v) is 8.83. The minimum atomic E-state index is -1.10. The molecule has 4 heteroatoms. The molecule has 0 radical (unpaired) electrons. The number of benzene rings is 1. The fraction of sp³-hybridized carbons (Fsp3) is 0.333. The smallest absolute Gasteiger partial charge is 0.317 e. The highest BCUT2D eigenvalue weighted by Gasteiger charge is 2.53. The van der Waals surface area contributed by atoms with E-state index in [1.165, 1.54) is 19.2 Å². The predicted octanol–water partition coefficient (Wildman–Crippen LogP) is 1.60. The van der Waals surface area contributed by atoms with Crippen LogP contribution in [0.15, 0.2) is 24.3 Å². The SMILES string of the molecule is COC(=O)C1(c2ccccc2F)CC(=O)C1. The van der Waals surface area contributed by atoms with E-state index in [0.717, 1.165) is 0 Å². The van der Waals surface area contributed by atoms with Crippen molar-refractivity contribution < 1.29 is 18.7 Å². The summed E-state index contributed by atoms with van der Waals surface area (Å²) >= 11 is 0. The minimum Gasteiger partial charge on any atom is -0.468 e. The molecular weight excluding hydrogens is 211 g/mol. The Balaban J connectivity index is 2.46. The summed E-state index contributed by atoms with van der Waals surface area (Å²) in [5, 5.41) is 0. The molecular formula is C12H11FO3. The number of carbonyl (C=O) groups excluding carboxylic acids is 2. The Bertz CT molecular complexity index is 445. The number of carbonyl (C=O) groups is 2. The number of ether oxygens (including phenoxy) is 1. The molecule has 0 bridgehead atoms. The molecule has 0 amide bonds. The van der Waals surface area contributed by atoms with Crippen molar-refractivity contribution in [2.45, 2.75) is 18.3 Å². The Labute approximate surface area is 92.2 Å². The van der Waals surface area contributed by atoms with Crippen molar-refractivity contribution in [2.75, 3.05) is 7.11 Å². The van der Waals surface area contributed by atoms with Gasteiger partial charge in [-0.3, -0.25) is 9.59 Å². The zero-order chi connectivity index (χ0) is 11.8. The van der Waals surface area contributed by atoms with Crippen molar-refractivity contribution >= 4 is 11.8 Å². The fourth-order valence-corrected chi connectivity index (χ4v) is 2.11. The summed E-state index contributed by atoms with van der Waals surface area (Å²) in [5.74, 6) is -1.06. The van der Waals surface area contributed by atoms with Gasteiger partial charge >= 0.3 is 5.97 Å². The Hall–Kier alpha value is -1.71. The third-order valence-corrected chi connectivity index (χ3v) is 2.96. The molecule has 1 fully saturated rings. The molecule has 1 aliphatic carbocycles. The first kappa shape index (κ1) is 10.8. The quantitative estimate of drug-likeness (QED) is 0.714. The maximum absolute atomic E-state index is 13.6. The van der Waals surface area contributed by atoms with E-state index in [-0.39, 0.29) is 24.2 Å². The molecule has 0 atom stereocenters. The van der Waals surface area contributed by atoms with E-state index in [2.05, 4.69) is 4.74 Å². The van der Waals surface area contributed by atoms with E-state index in [1.54, 1.807) is 12.1 Å². The Morgan fingerprint density at radius 1 is 1.38 bits per heavy atom. The molecule has 16 heavy (non-hydrogen) atoms. The third-order valence-electron chi connectivity index (χ3n) is 2.96. The van der Waals surface area contributed by atoms with Crippen LogP contribution in [-0.2, 0) is 19.7 Å². The van der Waals surface area contributed by atoms with E-state index in [0.29, 0.717) is 0 Å². The number of hydrogen-bond donors (Lipinski definition) is 0. The third kappa shape index (κ3) is 1.41. The van der Waals surface area contributed by atoms with Gasteiger partial charge < -0.3 is 4.74 Å². The topological polar surface area (TPSA) is 43.4 Å². The second-order valence-electron chi connectivity index (χ2n) is 3.95. The first-order valence-electron chi connectivity index (χ1n) is 4.95. The molecule has 2 rings (SSSR count). The van der Waals surface area contributed by atoms with Gasteiger partial charge in [0.05, 0.1) is 7.11 Å². The van der Waals surface area contributed by atoms with E-state index in [9.17, 15) is 14.0 Å². The van der Waals surface area contributed by atoms with E-state index < -0.39 is 17.2 Å². The van der Waals surface area contributed by atoms with Crippen LogP contribution in [-0.4, -0.2) is 18.9 Å². The van der Waals surface area contributed by atoms with Crippen LogP contribution in [0, 0.1) is 5.82 Å². The van der Waals surface area contributed by atoms with Gasteiger partial charge in [-0.25, -0.2) is 4.39 Å². The summed E-state index contributed by atoms with van der Waals surface area (Å²) in [6.45, 7) is 0. The van der Waals surface area contributed by atoms with Crippen molar-refractivity contribution in [3.63, 3.8) is 0 Å². The van der Waals surface area contributed by atoms with Crippen molar-refractivity contribution in [1.29, 1.82) is 0 Å². The molecule has 0 aliphatic heterocycles. The van der Waals surface area contributed by atoms with Crippen LogP contribution in [0.2, 0.25) is 0 Å². The van der Waals surface area contributed by atoms with Crippen molar-refractivity contribution in [3.05, 3.63) is 35.6 Å². The van der Waals surface area contributed by atoms with Gasteiger partial charge in [-0.1, -0.05) is 18.2 Å². The van der Waals surface area contributed by atoms with Gasteiger partial charge in [-0.2, -0.15) is 0 Å². The van der Waals surface area contributed by atoms with Crippen LogP contribution in [0.5, 0.6) is 0 Å². The Morgan fingerprint density at radius 3 is 2.50 bits per heavy atom. The van der Waals surface area contributed by atoms with Gasteiger partial charge in [0.1, 0.15) is 17.0 Å². The molecule has 1 aliphatic rings. The molecule has 0 N–H and O–H groups in total. The van der Waals surface area contributed by atoms with Gasteiger partial charge in [0.25, 0.3) is 0 Å². The van der Waals surface area contributed by atoms with E-state index in [4.69, 9.17) is 0 Å². The summed E-state index contributed by atoms with van der Waals surface area (Å²) < 4.78 is 18.3. The number of hydrogen-bond acceptors (Lipinski definition) is 3. The maximum atomic E-state index is 13.6. The fourth-order valence-electron chi connectivity index (χ4n) is 2.11.